The van der Waals surface area contributed by atoms with Gasteiger partial charge in [0, 0.05) is 22.2 Å². The average Bonchev–Trinajstić information content (AvgIpc) is 2.93. The molecule has 0 saturated heterocycles. The van der Waals surface area contributed by atoms with Gasteiger partial charge in [0.1, 0.15) is 5.76 Å². The van der Waals surface area contributed by atoms with E-state index in [1.54, 1.807) is 11.3 Å². The molecule has 0 aliphatic heterocycles. The second kappa shape index (κ2) is 5.02. The summed E-state index contributed by atoms with van der Waals surface area (Å²) in [4.78, 5) is 13.2. The predicted octanol–water partition coefficient (Wildman–Crippen LogP) is 4.47. The zero-order chi connectivity index (χ0) is 13.2. The highest BCUT2D eigenvalue weighted by Gasteiger charge is 2.15. The van der Waals surface area contributed by atoms with Crippen LogP contribution in [-0.4, -0.2) is 0 Å². The van der Waals surface area contributed by atoms with Crippen LogP contribution in [0, 0.1) is 0 Å². The summed E-state index contributed by atoms with van der Waals surface area (Å²) in [7, 11) is 0. The largest absolute Gasteiger partial charge is 0.427 e. The number of hydrogen-bond acceptors (Lipinski definition) is 3. The lowest BCUT2D eigenvalue weighted by Gasteiger charge is -2.09. The molecule has 0 aliphatic carbocycles. The first-order valence-electron chi connectivity index (χ1n) is 6.40. The summed E-state index contributed by atoms with van der Waals surface area (Å²) in [6.45, 7) is 2.09. The zero-order valence-corrected chi connectivity index (χ0v) is 11.5. The van der Waals surface area contributed by atoms with Gasteiger partial charge in [-0.2, -0.15) is 0 Å². The number of hydrogen-bond donors (Lipinski definition) is 0. The Morgan fingerprint density at radius 2 is 1.89 bits per heavy atom. The van der Waals surface area contributed by atoms with Crippen molar-refractivity contribution in [1.29, 1.82) is 0 Å². The molecule has 0 spiro atoms. The molecule has 0 atom stereocenters. The first-order valence-corrected chi connectivity index (χ1v) is 7.28. The molecular formula is C16H14O2S. The topological polar surface area (TPSA) is 30.2 Å². The summed E-state index contributed by atoms with van der Waals surface area (Å²) in [5.74, 6) is 0.800. The standard InChI is InChI=1S/C16H14O2S/c1-2-6-13-15(14-9-5-10-19-14)11-7-3-4-8-12(11)16(17)18-13/h3-5,7-10H,2,6H2,1H3. The Kier molecular flexibility index (Phi) is 3.22. The average molecular weight is 270 g/mol. The van der Waals surface area contributed by atoms with Crippen LogP contribution in [0.25, 0.3) is 21.2 Å². The second-order valence-electron chi connectivity index (χ2n) is 4.46. The summed E-state index contributed by atoms with van der Waals surface area (Å²) in [5, 5.41) is 3.70. The lowest BCUT2D eigenvalue weighted by Crippen LogP contribution is -2.04. The van der Waals surface area contributed by atoms with Crippen molar-refractivity contribution in [3.8, 4) is 10.4 Å². The van der Waals surface area contributed by atoms with E-state index in [9.17, 15) is 4.79 Å². The summed E-state index contributed by atoms with van der Waals surface area (Å²) in [6, 6.07) is 11.8. The maximum atomic E-state index is 12.0. The molecule has 1 aromatic carbocycles. The van der Waals surface area contributed by atoms with E-state index in [2.05, 4.69) is 13.0 Å². The fraction of sp³-hybridized carbons (Fsp3) is 0.188. The summed E-state index contributed by atoms with van der Waals surface area (Å²) >= 11 is 1.67. The van der Waals surface area contributed by atoms with Gasteiger partial charge in [-0.25, -0.2) is 4.79 Å². The number of rotatable bonds is 3. The van der Waals surface area contributed by atoms with Crippen molar-refractivity contribution in [1.82, 2.24) is 0 Å². The van der Waals surface area contributed by atoms with E-state index in [-0.39, 0.29) is 5.63 Å². The lowest BCUT2D eigenvalue weighted by atomic mass is 10.0. The molecule has 3 rings (SSSR count). The zero-order valence-electron chi connectivity index (χ0n) is 10.7. The molecule has 19 heavy (non-hydrogen) atoms. The van der Waals surface area contributed by atoms with Crippen molar-refractivity contribution in [2.45, 2.75) is 19.8 Å². The first kappa shape index (κ1) is 12.2. The molecule has 2 nitrogen and oxygen atoms in total. The Labute approximate surface area is 115 Å². The molecule has 3 heteroatoms. The van der Waals surface area contributed by atoms with Crippen molar-refractivity contribution in [3.05, 3.63) is 58.0 Å². The molecule has 2 heterocycles. The van der Waals surface area contributed by atoms with Gasteiger partial charge in [0.15, 0.2) is 0 Å². The van der Waals surface area contributed by atoms with E-state index in [0.29, 0.717) is 5.39 Å². The van der Waals surface area contributed by atoms with E-state index in [4.69, 9.17) is 4.42 Å². The van der Waals surface area contributed by atoms with E-state index in [1.807, 2.05) is 35.7 Å². The maximum Gasteiger partial charge on any atom is 0.343 e. The normalized spacial score (nSPS) is 11.0. The minimum atomic E-state index is -0.237. The predicted molar refractivity (Wildman–Crippen MR) is 79.8 cm³/mol. The summed E-state index contributed by atoms with van der Waals surface area (Å²) in [6.07, 6.45) is 1.74. The van der Waals surface area contributed by atoms with Gasteiger partial charge >= 0.3 is 5.63 Å². The minimum Gasteiger partial charge on any atom is -0.427 e. The number of thiophene rings is 1. The first-order chi connectivity index (χ1) is 9.31. The van der Waals surface area contributed by atoms with Gasteiger partial charge in [-0.05, 0) is 23.9 Å². The Morgan fingerprint density at radius 3 is 2.58 bits per heavy atom. The molecule has 0 radical (unpaired) electrons. The third kappa shape index (κ3) is 2.10. The van der Waals surface area contributed by atoms with Crippen LogP contribution in [0.1, 0.15) is 19.1 Å². The molecule has 0 bridgehead atoms. The van der Waals surface area contributed by atoms with Crippen molar-refractivity contribution < 1.29 is 4.42 Å². The molecule has 0 unspecified atom stereocenters. The monoisotopic (exact) mass is 270 g/mol. The molecule has 2 aromatic heterocycles. The van der Waals surface area contributed by atoms with Crippen LogP contribution in [0.5, 0.6) is 0 Å². The number of fused-ring (bicyclic) bond motifs is 1. The highest BCUT2D eigenvalue weighted by molar-refractivity contribution is 7.13. The molecule has 0 amide bonds. The third-order valence-corrected chi connectivity index (χ3v) is 4.04. The van der Waals surface area contributed by atoms with Crippen molar-refractivity contribution in [2.75, 3.05) is 0 Å². The van der Waals surface area contributed by atoms with Crippen LogP contribution in [0.15, 0.2) is 51.0 Å². The van der Waals surface area contributed by atoms with Gasteiger partial charge in [0.2, 0.25) is 0 Å². The molecule has 3 aromatic rings. The van der Waals surface area contributed by atoms with Crippen LogP contribution in [0.2, 0.25) is 0 Å². The summed E-state index contributed by atoms with van der Waals surface area (Å²) < 4.78 is 5.54. The van der Waals surface area contributed by atoms with Gasteiger partial charge in [-0.15, -0.1) is 11.3 Å². The fourth-order valence-corrected chi connectivity index (χ4v) is 3.14. The quantitative estimate of drug-likeness (QED) is 0.702. The smallest absolute Gasteiger partial charge is 0.343 e. The summed E-state index contributed by atoms with van der Waals surface area (Å²) in [5.41, 5.74) is 0.839. The van der Waals surface area contributed by atoms with Gasteiger partial charge in [0.25, 0.3) is 0 Å². The Bertz CT molecular complexity index is 754. The molecule has 0 fully saturated rings. The van der Waals surface area contributed by atoms with Crippen LogP contribution < -0.4 is 5.63 Å². The molecule has 0 N–H and O–H groups in total. The highest BCUT2D eigenvalue weighted by atomic mass is 32.1. The van der Waals surface area contributed by atoms with E-state index >= 15 is 0 Å². The van der Waals surface area contributed by atoms with Crippen molar-refractivity contribution in [2.24, 2.45) is 0 Å². The van der Waals surface area contributed by atoms with E-state index in [0.717, 1.165) is 34.4 Å². The third-order valence-electron chi connectivity index (χ3n) is 3.16. The van der Waals surface area contributed by atoms with Gasteiger partial charge in [0.05, 0.1) is 5.39 Å². The number of benzene rings is 1. The van der Waals surface area contributed by atoms with E-state index < -0.39 is 0 Å². The Morgan fingerprint density at radius 1 is 1.11 bits per heavy atom. The SMILES string of the molecule is CCCc1oc(=O)c2ccccc2c1-c1cccs1. The maximum absolute atomic E-state index is 12.0. The van der Waals surface area contributed by atoms with Gasteiger partial charge in [-0.1, -0.05) is 31.2 Å². The van der Waals surface area contributed by atoms with Gasteiger partial charge < -0.3 is 4.42 Å². The Balaban J connectivity index is 2.41. The molecule has 96 valence electrons. The molecule has 0 saturated carbocycles. The van der Waals surface area contributed by atoms with Crippen molar-refractivity contribution in [3.63, 3.8) is 0 Å². The molecule has 0 aliphatic rings. The van der Waals surface area contributed by atoms with Crippen LogP contribution >= 0.6 is 11.3 Å². The highest BCUT2D eigenvalue weighted by Crippen LogP contribution is 2.34. The number of aryl methyl sites for hydroxylation is 1. The minimum absolute atomic E-state index is 0.237. The van der Waals surface area contributed by atoms with Crippen LogP contribution in [-0.2, 0) is 6.42 Å². The molecular weight excluding hydrogens is 256 g/mol. The van der Waals surface area contributed by atoms with Crippen LogP contribution in [0.4, 0.5) is 0 Å². The lowest BCUT2D eigenvalue weighted by molar-refractivity contribution is 0.467. The van der Waals surface area contributed by atoms with Crippen molar-refractivity contribution >= 4 is 22.1 Å². The second-order valence-corrected chi connectivity index (χ2v) is 5.41. The fourth-order valence-electron chi connectivity index (χ4n) is 2.34. The van der Waals surface area contributed by atoms with E-state index in [1.165, 1.54) is 0 Å². The van der Waals surface area contributed by atoms with Crippen LogP contribution in [0.3, 0.4) is 0 Å². The van der Waals surface area contributed by atoms with Gasteiger partial charge in [-0.3, -0.25) is 0 Å². The Hall–Kier alpha value is -1.87.